The van der Waals surface area contributed by atoms with Crippen molar-refractivity contribution in [1.82, 2.24) is 4.90 Å². The molecule has 0 saturated carbocycles. The van der Waals surface area contributed by atoms with Gasteiger partial charge in [-0.2, -0.15) is 13.2 Å². The molecule has 0 aromatic heterocycles. The number of anilines is 2. The van der Waals surface area contributed by atoms with Crippen molar-refractivity contribution in [2.45, 2.75) is 16.1 Å². The highest BCUT2D eigenvalue weighted by atomic mass is 79.9. The molecule has 1 heterocycles. The third kappa shape index (κ3) is 5.76. The molecule has 3 amide bonds. The highest BCUT2D eigenvalue weighted by Gasteiger charge is 2.44. The lowest BCUT2D eigenvalue weighted by Gasteiger charge is -2.25. The average Bonchev–Trinajstić information content (AvgIpc) is 2.92. The molecule has 1 atom stereocenters. The third-order valence-corrected chi connectivity index (χ3v) is 6.90. The van der Waals surface area contributed by atoms with Gasteiger partial charge in [-0.1, -0.05) is 40.9 Å². The molecule has 1 fully saturated rings. The Morgan fingerprint density at radius 3 is 2.27 bits per heavy atom. The fourth-order valence-electron chi connectivity index (χ4n) is 2.79. The number of rotatable bonds is 4. The van der Waals surface area contributed by atoms with E-state index >= 15 is 0 Å². The number of amides is 3. The Balaban J connectivity index is 2.08. The first-order valence-electron chi connectivity index (χ1n) is 8.85. The zero-order chi connectivity index (χ0) is 24.7. The predicted octanol–water partition coefficient (Wildman–Crippen LogP) is 6.84. The number of hydrogen-bond acceptors (Lipinski definition) is 4. The van der Waals surface area contributed by atoms with Crippen LogP contribution in [0.5, 0.6) is 0 Å². The first-order chi connectivity index (χ1) is 15.2. The van der Waals surface area contributed by atoms with E-state index in [4.69, 9.17) is 34.8 Å². The number of alkyl halides is 6. The van der Waals surface area contributed by atoms with Gasteiger partial charge in [-0.15, -0.1) is 0 Å². The molecule has 0 bridgehead atoms. The van der Waals surface area contributed by atoms with E-state index in [2.05, 4.69) is 42.2 Å². The average molecular weight is 651 g/mol. The summed E-state index contributed by atoms with van der Waals surface area (Å²) in [6.45, 7) is 0. The maximum Gasteiger partial charge on any atom is 0.416 e. The van der Waals surface area contributed by atoms with Gasteiger partial charge in [0.15, 0.2) is 6.17 Å². The lowest BCUT2D eigenvalue weighted by atomic mass is 10.2. The van der Waals surface area contributed by atoms with Crippen molar-refractivity contribution in [3.63, 3.8) is 0 Å². The van der Waals surface area contributed by atoms with E-state index in [9.17, 15) is 22.8 Å². The Hall–Kier alpha value is -1.53. The van der Waals surface area contributed by atoms with E-state index in [1.165, 1.54) is 6.07 Å². The normalized spacial score (nSPS) is 17.2. The lowest BCUT2D eigenvalue weighted by Crippen LogP contribution is -2.38. The van der Waals surface area contributed by atoms with Gasteiger partial charge in [0.05, 0.1) is 11.3 Å². The summed E-state index contributed by atoms with van der Waals surface area (Å²) in [4.78, 5) is 31.0. The number of halogens is 8. The second kappa shape index (κ2) is 9.61. The van der Waals surface area contributed by atoms with Crippen LogP contribution in [-0.2, 0) is 11.0 Å². The minimum atomic E-state index is -4.66. The monoisotopic (exact) mass is 648 g/mol. The van der Waals surface area contributed by atoms with Gasteiger partial charge in [-0.25, -0.2) is 14.7 Å². The molecule has 1 unspecified atom stereocenters. The Bertz CT molecular complexity index is 1140. The lowest BCUT2D eigenvalue weighted by molar-refractivity contribution is -0.137. The first-order valence-corrected chi connectivity index (χ1v) is 11.6. The van der Waals surface area contributed by atoms with E-state index in [-0.39, 0.29) is 5.69 Å². The Kier molecular flexibility index (Phi) is 7.60. The number of imide groups is 1. The van der Waals surface area contributed by atoms with E-state index in [0.717, 1.165) is 34.6 Å². The zero-order valence-electron chi connectivity index (χ0n) is 16.3. The number of carbonyl (C=O) groups is 2. The highest BCUT2D eigenvalue weighted by molar-refractivity contribution is 9.13. The van der Waals surface area contributed by atoms with Crippen LogP contribution < -0.4 is 10.2 Å². The van der Waals surface area contributed by atoms with E-state index < -0.39 is 39.5 Å². The van der Waals surface area contributed by atoms with Crippen LogP contribution in [0.3, 0.4) is 0 Å². The molecule has 2 aromatic rings. The summed E-state index contributed by atoms with van der Waals surface area (Å²) in [5.41, 5.74) is -0.785. The van der Waals surface area contributed by atoms with Crippen molar-refractivity contribution >= 4 is 95.8 Å². The van der Waals surface area contributed by atoms with Crippen molar-refractivity contribution in [3.05, 3.63) is 57.0 Å². The van der Waals surface area contributed by atoms with Crippen molar-refractivity contribution in [3.8, 4) is 0 Å². The SMILES string of the molecule is CN1C(=O)C(=NC(Nc2ccc(Br)c(Br)c2)C(Cl)(Cl)Cl)N(c2cccc(C(F)(F)F)c2)C1=O. The summed E-state index contributed by atoms with van der Waals surface area (Å²) in [6.07, 6.45) is -6.05. The molecule has 2 aromatic carbocycles. The fraction of sp³-hybridized carbons (Fsp3) is 0.211. The molecule has 1 aliphatic heterocycles. The molecular formula is C19H12Br2Cl3F3N4O2. The molecule has 1 saturated heterocycles. The van der Waals surface area contributed by atoms with Crippen molar-refractivity contribution in [2.75, 3.05) is 17.3 Å². The summed E-state index contributed by atoms with van der Waals surface area (Å²) in [5.74, 6) is -1.39. The second-order valence-electron chi connectivity index (χ2n) is 6.70. The molecule has 6 nitrogen and oxygen atoms in total. The van der Waals surface area contributed by atoms with Crippen LogP contribution in [0.15, 0.2) is 56.4 Å². The quantitative estimate of drug-likeness (QED) is 0.291. The maximum atomic E-state index is 13.2. The van der Waals surface area contributed by atoms with Crippen LogP contribution in [0.1, 0.15) is 5.56 Å². The number of carbonyl (C=O) groups excluding carboxylic acids is 2. The minimum Gasteiger partial charge on any atom is -0.360 e. The molecule has 3 rings (SSSR count). The predicted molar refractivity (Wildman–Crippen MR) is 129 cm³/mol. The summed E-state index contributed by atoms with van der Waals surface area (Å²) in [6, 6.07) is 7.97. The van der Waals surface area contributed by atoms with Crippen molar-refractivity contribution < 1.29 is 22.8 Å². The number of benzene rings is 2. The van der Waals surface area contributed by atoms with Gasteiger partial charge >= 0.3 is 12.2 Å². The number of amidine groups is 1. The third-order valence-electron chi connectivity index (χ3n) is 4.40. The van der Waals surface area contributed by atoms with Crippen LogP contribution in [0, 0.1) is 0 Å². The highest BCUT2D eigenvalue weighted by Crippen LogP contribution is 2.36. The number of nitrogens with one attached hydrogen (secondary N) is 1. The van der Waals surface area contributed by atoms with E-state index in [1.807, 2.05) is 0 Å². The van der Waals surface area contributed by atoms with E-state index in [1.54, 1.807) is 18.2 Å². The summed E-state index contributed by atoms with van der Waals surface area (Å²) in [7, 11) is 1.16. The number of urea groups is 1. The second-order valence-corrected chi connectivity index (χ2v) is 10.8. The number of hydrogen-bond donors (Lipinski definition) is 1. The standard InChI is InChI=1S/C19H12Br2Cl3F3N4O2/c1-30-15(32)14(31(17(30)33)11-4-2-3-9(7-11)19(25,26)27)29-16(18(22,23)24)28-10-5-6-12(20)13(21)8-10/h2-8,16,28H,1H3. The summed E-state index contributed by atoms with van der Waals surface area (Å²) in [5, 5.41) is 2.85. The maximum absolute atomic E-state index is 13.2. The molecule has 1 aliphatic rings. The van der Waals surface area contributed by atoms with Gasteiger partial charge in [-0.3, -0.25) is 9.69 Å². The molecule has 33 heavy (non-hydrogen) atoms. The van der Waals surface area contributed by atoms with Gasteiger partial charge in [0.1, 0.15) is 0 Å². The molecule has 176 valence electrons. The number of nitrogens with zero attached hydrogens (tertiary/aromatic N) is 3. The van der Waals surface area contributed by atoms with Crippen LogP contribution in [0.4, 0.5) is 29.3 Å². The van der Waals surface area contributed by atoms with Crippen LogP contribution in [0.2, 0.25) is 0 Å². The largest absolute Gasteiger partial charge is 0.416 e. The Morgan fingerprint density at radius 2 is 1.70 bits per heavy atom. The van der Waals surface area contributed by atoms with Crippen molar-refractivity contribution in [1.29, 1.82) is 0 Å². The molecule has 0 radical (unpaired) electrons. The minimum absolute atomic E-state index is 0.222. The first kappa shape index (κ1) is 26.1. The summed E-state index contributed by atoms with van der Waals surface area (Å²) >= 11 is 24.8. The Labute approximate surface area is 217 Å². The smallest absolute Gasteiger partial charge is 0.360 e. The summed E-state index contributed by atoms with van der Waals surface area (Å²) < 4.78 is 38.9. The van der Waals surface area contributed by atoms with E-state index in [0.29, 0.717) is 15.1 Å². The molecule has 0 spiro atoms. The zero-order valence-corrected chi connectivity index (χ0v) is 21.7. The molecular weight excluding hydrogens is 639 g/mol. The molecule has 1 N–H and O–H groups in total. The van der Waals surface area contributed by atoms with Crippen LogP contribution >= 0.6 is 66.7 Å². The van der Waals surface area contributed by atoms with Gasteiger partial charge in [-0.05, 0) is 68.3 Å². The Morgan fingerprint density at radius 1 is 1.03 bits per heavy atom. The van der Waals surface area contributed by atoms with Crippen molar-refractivity contribution in [2.24, 2.45) is 4.99 Å². The van der Waals surface area contributed by atoms with Gasteiger partial charge in [0.25, 0.3) is 5.91 Å². The fourth-order valence-corrected chi connectivity index (χ4v) is 3.73. The van der Waals surface area contributed by atoms with Gasteiger partial charge < -0.3 is 5.32 Å². The van der Waals surface area contributed by atoms with Gasteiger partial charge in [0, 0.05) is 21.7 Å². The van der Waals surface area contributed by atoms with Gasteiger partial charge in [0.2, 0.25) is 9.63 Å². The molecule has 14 heteroatoms. The number of aliphatic imine (C=N–C) groups is 1. The van der Waals surface area contributed by atoms with Crippen LogP contribution in [0.25, 0.3) is 0 Å². The van der Waals surface area contributed by atoms with Crippen LogP contribution in [-0.4, -0.2) is 39.7 Å². The topological polar surface area (TPSA) is 65.0 Å². The molecule has 0 aliphatic carbocycles. The number of likely N-dealkylation sites (N-methyl/N-ethyl adjacent to an activating group) is 1.